The van der Waals surface area contributed by atoms with E-state index in [0.29, 0.717) is 22.7 Å². The summed E-state index contributed by atoms with van der Waals surface area (Å²) in [4.78, 5) is 21.6. The minimum Gasteiger partial charge on any atom is -0.389 e. The first-order chi connectivity index (χ1) is 16.3. The third-order valence-electron chi connectivity index (χ3n) is 5.01. The van der Waals surface area contributed by atoms with Gasteiger partial charge in [-0.25, -0.2) is 4.98 Å². The number of Topliss-reactive ketones (excluding diaryl/α,β-unsaturated/α-hetero) is 1. The molecule has 3 heterocycles. The fourth-order valence-electron chi connectivity index (χ4n) is 3.42. The molecule has 176 valence electrons. The third-order valence-corrected chi connectivity index (χ3v) is 5.01. The highest BCUT2D eigenvalue weighted by atomic mass is 19.4. The molecule has 0 bridgehead atoms. The number of pyridine rings is 1. The van der Waals surface area contributed by atoms with E-state index in [4.69, 9.17) is 9.36 Å². The molecule has 0 radical (unpaired) electrons. The Kier molecular flexibility index (Phi) is 6.76. The summed E-state index contributed by atoms with van der Waals surface area (Å²) in [5.41, 5.74) is 4.36. The maximum atomic E-state index is 12.4. The molecule has 0 amide bonds. The van der Waals surface area contributed by atoms with Crippen molar-refractivity contribution in [3.05, 3.63) is 77.4 Å². The van der Waals surface area contributed by atoms with Crippen molar-refractivity contribution in [1.29, 1.82) is 0 Å². The van der Waals surface area contributed by atoms with Gasteiger partial charge in [-0.15, -0.1) is 0 Å². The SMILES string of the molecule is Cc1cc(CO/N=C\c2ccn3c(-c4cccc(CC(=O)CCC(F)(F)F)c4)cnc3c2)no1. The number of carbonyl (C=O) groups is 1. The number of nitrogens with zero attached hydrogens (tertiary/aromatic N) is 4. The second-order valence-electron chi connectivity index (χ2n) is 7.80. The Hall–Kier alpha value is -3.95. The van der Waals surface area contributed by atoms with Crippen molar-refractivity contribution in [1.82, 2.24) is 14.5 Å². The highest BCUT2D eigenvalue weighted by Crippen LogP contribution is 2.24. The molecular formula is C24H21F3N4O3. The lowest BCUT2D eigenvalue weighted by atomic mass is 10.0. The average molecular weight is 470 g/mol. The lowest BCUT2D eigenvalue weighted by molar-refractivity contribution is -0.143. The van der Waals surface area contributed by atoms with Gasteiger partial charge in [0.2, 0.25) is 0 Å². The molecule has 4 aromatic rings. The first-order valence-corrected chi connectivity index (χ1v) is 10.5. The lowest BCUT2D eigenvalue weighted by Gasteiger charge is -2.07. The van der Waals surface area contributed by atoms with Crippen LogP contribution in [0.15, 0.2) is 64.5 Å². The molecule has 10 heteroatoms. The van der Waals surface area contributed by atoms with Crippen LogP contribution in [0.1, 0.15) is 35.4 Å². The molecule has 1 aromatic carbocycles. The van der Waals surface area contributed by atoms with E-state index in [1.807, 2.05) is 28.8 Å². The molecule has 7 nitrogen and oxygen atoms in total. The highest BCUT2D eigenvalue weighted by molar-refractivity contribution is 5.82. The number of hydrogen-bond donors (Lipinski definition) is 0. The van der Waals surface area contributed by atoms with Crippen LogP contribution < -0.4 is 0 Å². The Morgan fingerprint density at radius 1 is 1.24 bits per heavy atom. The summed E-state index contributed by atoms with van der Waals surface area (Å²) in [6.45, 7) is 1.99. The fourth-order valence-corrected chi connectivity index (χ4v) is 3.42. The zero-order valence-electron chi connectivity index (χ0n) is 18.2. The zero-order chi connectivity index (χ0) is 24.1. The Bertz CT molecular complexity index is 1320. The monoisotopic (exact) mass is 470 g/mol. The van der Waals surface area contributed by atoms with Crippen molar-refractivity contribution in [2.75, 3.05) is 0 Å². The summed E-state index contributed by atoms with van der Waals surface area (Å²) in [7, 11) is 0. The van der Waals surface area contributed by atoms with E-state index in [-0.39, 0.29) is 13.0 Å². The van der Waals surface area contributed by atoms with Gasteiger partial charge >= 0.3 is 6.18 Å². The number of rotatable bonds is 9. The molecule has 0 fully saturated rings. The molecule has 0 aliphatic carbocycles. The number of alkyl halides is 3. The number of ketones is 1. The topological polar surface area (TPSA) is 82.0 Å². The Balaban J connectivity index is 1.43. The van der Waals surface area contributed by atoms with Gasteiger partial charge in [-0.1, -0.05) is 28.5 Å². The van der Waals surface area contributed by atoms with Crippen molar-refractivity contribution in [2.24, 2.45) is 5.16 Å². The number of carbonyl (C=O) groups excluding carboxylic acids is 1. The standard InChI is InChI=1S/C24H21F3N4O3/c1-16-9-20(30-34-16)15-33-29-13-18-6-8-31-22(14-28-23(31)12-18)19-4-2-3-17(10-19)11-21(32)5-7-24(25,26)27/h2-4,6,8-10,12-14H,5,7,11,15H2,1H3/b29-13-. The lowest BCUT2D eigenvalue weighted by Crippen LogP contribution is -2.12. The number of aromatic nitrogens is 3. The predicted molar refractivity (Wildman–Crippen MR) is 118 cm³/mol. The Morgan fingerprint density at radius 2 is 2.09 bits per heavy atom. The molecule has 34 heavy (non-hydrogen) atoms. The number of aryl methyl sites for hydroxylation is 1. The maximum Gasteiger partial charge on any atom is 0.389 e. The second-order valence-corrected chi connectivity index (χ2v) is 7.80. The van der Waals surface area contributed by atoms with E-state index in [9.17, 15) is 18.0 Å². The normalized spacial score (nSPS) is 12.0. The molecule has 4 rings (SSSR count). The van der Waals surface area contributed by atoms with E-state index in [1.54, 1.807) is 43.6 Å². The average Bonchev–Trinajstić information content (AvgIpc) is 3.40. The summed E-state index contributed by atoms with van der Waals surface area (Å²) < 4.78 is 43.9. The van der Waals surface area contributed by atoms with Crippen molar-refractivity contribution in [3.8, 4) is 11.3 Å². The van der Waals surface area contributed by atoms with E-state index in [2.05, 4.69) is 15.3 Å². The highest BCUT2D eigenvalue weighted by Gasteiger charge is 2.27. The van der Waals surface area contributed by atoms with E-state index >= 15 is 0 Å². The van der Waals surface area contributed by atoms with Gasteiger partial charge in [-0.2, -0.15) is 13.2 Å². The molecule has 0 atom stereocenters. The molecule has 0 spiro atoms. The van der Waals surface area contributed by atoms with Gasteiger partial charge in [0.1, 0.15) is 22.9 Å². The summed E-state index contributed by atoms with van der Waals surface area (Å²) in [5.74, 6) is 0.249. The van der Waals surface area contributed by atoms with Gasteiger partial charge in [0.15, 0.2) is 6.61 Å². The first kappa shape index (κ1) is 23.2. The third kappa shape index (κ3) is 6.09. The Labute approximate surface area is 192 Å². The van der Waals surface area contributed by atoms with Gasteiger partial charge in [0.05, 0.1) is 24.5 Å². The molecule has 0 saturated carbocycles. The van der Waals surface area contributed by atoms with Crippen LogP contribution in [0.5, 0.6) is 0 Å². The van der Waals surface area contributed by atoms with Crippen LogP contribution in [0, 0.1) is 6.92 Å². The molecule has 0 aliphatic heterocycles. The van der Waals surface area contributed by atoms with Crippen LogP contribution in [0.4, 0.5) is 13.2 Å². The smallest absolute Gasteiger partial charge is 0.389 e. The summed E-state index contributed by atoms with van der Waals surface area (Å²) >= 11 is 0. The van der Waals surface area contributed by atoms with Crippen molar-refractivity contribution >= 4 is 17.6 Å². The molecule has 0 aliphatic rings. The number of fused-ring (bicyclic) bond motifs is 1. The van der Waals surface area contributed by atoms with E-state index < -0.39 is 24.8 Å². The summed E-state index contributed by atoms with van der Waals surface area (Å²) in [6.07, 6.45) is -0.903. The van der Waals surface area contributed by atoms with Crippen molar-refractivity contribution < 1.29 is 27.3 Å². The zero-order valence-corrected chi connectivity index (χ0v) is 18.2. The quantitative estimate of drug-likeness (QED) is 0.245. The minimum absolute atomic E-state index is 0.0465. The largest absolute Gasteiger partial charge is 0.389 e. The number of halogens is 3. The van der Waals surface area contributed by atoms with Crippen LogP contribution in [-0.4, -0.2) is 32.7 Å². The van der Waals surface area contributed by atoms with Crippen LogP contribution in [0.25, 0.3) is 16.9 Å². The van der Waals surface area contributed by atoms with Crippen LogP contribution in [0.3, 0.4) is 0 Å². The van der Waals surface area contributed by atoms with Crippen molar-refractivity contribution in [2.45, 2.75) is 39.0 Å². The molecular weight excluding hydrogens is 449 g/mol. The fraction of sp³-hybridized carbons (Fsp3) is 0.250. The van der Waals surface area contributed by atoms with E-state index in [1.165, 1.54) is 0 Å². The van der Waals surface area contributed by atoms with Gasteiger partial charge in [-0.3, -0.25) is 9.20 Å². The van der Waals surface area contributed by atoms with Crippen LogP contribution in [0.2, 0.25) is 0 Å². The first-order valence-electron chi connectivity index (χ1n) is 10.5. The van der Waals surface area contributed by atoms with Gasteiger partial charge in [0.25, 0.3) is 0 Å². The van der Waals surface area contributed by atoms with Crippen LogP contribution in [-0.2, 0) is 22.7 Å². The molecule has 0 N–H and O–H groups in total. The van der Waals surface area contributed by atoms with E-state index in [0.717, 1.165) is 16.8 Å². The molecule has 0 saturated heterocycles. The predicted octanol–water partition coefficient (Wildman–Crippen LogP) is 5.30. The second kappa shape index (κ2) is 9.90. The minimum atomic E-state index is -4.33. The van der Waals surface area contributed by atoms with Crippen LogP contribution >= 0.6 is 0 Å². The van der Waals surface area contributed by atoms with Gasteiger partial charge in [-0.05, 0) is 30.7 Å². The summed E-state index contributed by atoms with van der Waals surface area (Å²) in [6, 6.07) is 12.6. The van der Waals surface area contributed by atoms with Crippen molar-refractivity contribution in [3.63, 3.8) is 0 Å². The van der Waals surface area contributed by atoms with Gasteiger partial charge in [0, 0.05) is 36.2 Å². The van der Waals surface area contributed by atoms with Gasteiger partial charge < -0.3 is 9.36 Å². The summed E-state index contributed by atoms with van der Waals surface area (Å²) in [5, 5.41) is 7.76. The number of oxime groups is 1. The maximum absolute atomic E-state index is 12.4. The molecule has 0 unspecified atom stereocenters. The number of hydrogen-bond acceptors (Lipinski definition) is 6. The number of imidazole rings is 1. The number of benzene rings is 1. The molecule has 3 aromatic heterocycles. The Morgan fingerprint density at radius 3 is 2.85 bits per heavy atom.